The van der Waals surface area contributed by atoms with E-state index in [0.717, 1.165) is 13.1 Å². The van der Waals surface area contributed by atoms with Gasteiger partial charge in [0.25, 0.3) is 0 Å². The minimum Gasteiger partial charge on any atom is -0.340 e. The smallest absolute Gasteiger partial charge is 0.340 e. The molecule has 1 saturated heterocycles. The average molecular weight is 405 g/mol. The van der Waals surface area contributed by atoms with E-state index in [9.17, 15) is 26.7 Å². The van der Waals surface area contributed by atoms with Crippen LogP contribution in [0.2, 0.25) is 0 Å². The number of likely N-dealkylation sites (N-methyl/N-ethyl adjacent to an activating group) is 1. The molecule has 2 aromatic rings. The van der Waals surface area contributed by atoms with Crippen molar-refractivity contribution in [1.82, 2.24) is 14.5 Å². The van der Waals surface area contributed by atoms with Crippen LogP contribution in [-0.2, 0) is 11.3 Å². The molecule has 2 heterocycles. The van der Waals surface area contributed by atoms with E-state index >= 15 is 0 Å². The second kappa shape index (κ2) is 7.53. The van der Waals surface area contributed by atoms with Crippen LogP contribution in [-0.4, -0.2) is 65.4 Å². The number of anilines is 1. The predicted molar refractivity (Wildman–Crippen MR) is 93.1 cm³/mol. The van der Waals surface area contributed by atoms with Crippen molar-refractivity contribution in [3.63, 3.8) is 0 Å². The van der Waals surface area contributed by atoms with E-state index in [-0.39, 0.29) is 31.0 Å². The minimum atomic E-state index is -4.54. The van der Waals surface area contributed by atoms with Crippen molar-refractivity contribution >= 4 is 22.9 Å². The van der Waals surface area contributed by atoms with Gasteiger partial charge < -0.3 is 20.1 Å². The van der Waals surface area contributed by atoms with Gasteiger partial charge in [-0.1, -0.05) is 0 Å². The number of carbonyl (C=O) groups is 1. The summed E-state index contributed by atoms with van der Waals surface area (Å²) < 4.78 is 66.5. The molecular weight excluding hydrogens is 385 g/mol. The Morgan fingerprint density at radius 2 is 2.11 bits per heavy atom. The van der Waals surface area contributed by atoms with Crippen LogP contribution in [0.4, 0.5) is 27.9 Å². The number of nitrogens with zero attached hydrogens (tertiary/aromatic N) is 4. The molecule has 1 aromatic heterocycles. The number of nitrogens with two attached hydrogens (primary N) is 1. The predicted octanol–water partition coefficient (Wildman–Crippen LogP) is 2.07. The van der Waals surface area contributed by atoms with Crippen LogP contribution >= 0.6 is 0 Å². The summed E-state index contributed by atoms with van der Waals surface area (Å²) in [5, 5.41) is 0. The molecule has 1 amide bonds. The van der Waals surface area contributed by atoms with Crippen molar-refractivity contribution in [1.29, 1.82) is 0 Å². The summed E-state index contributed by atoms with van der Waals surface area (Å²) in [5.74, 6) is -1.14. The second-order valence-corrected chi connectivity index (χ2v) is 6.91. The van der Waals surface area contributed by atoms with Gasteiger partial charge in [0.2, 0.25) is 11.9 Å². The molecule has 1 fully saturated rings. The van der Waals surface area contributed by atoms with Gasteiger partial charge in [-0.25, -0.2) is 13.8 Å². The van der Waals surface area contributed by atoms with Crippen LogP contribution in [0, 0.1) is 5.82 Å². The molecule has 1 aliphatic rings. The van der Waals surface area contributed by atoms with Crippen molar-refractivity contribution in [2.45, 2.75) is 31.4 Å². The highest BCUT2D eigenvalue weighted by Gasteiger charge is 2.33. The number of piperidine rings is 1. The van der Waals surface area contributed by atoms with Crippen LogP contribution in [0.25, 0.3) is 11.0 Å². The maximum absolute atomic E-state index is 13.7. The molecule has 3 rings (SSSR count). The van der Waals surface area contributed by atoms with E-state index in [1.807, 2.05) is 0 Å². The quantitative estimate of drug-likeness (QED) is 0.791. The Balaban J connectivity index is 1.95. The third-order valence-corrected chi connectivity index (χ3v) is 4.68. The SMILES string of the molecule is CN(CC(F)(F)F)C(=O)Cn1c(N2CC[C@H](F)[C@H](N)C2)nc2ccc(F)cc21. The van der Waals surface area contributed by atoms with Crippen LogP contribution in [0.15, 0.2) is 18.2 Å². The normalized spacial score (nSPS) is 20.6. The number of imidazole rings is 1. The van der Waals surface area contributed by atoms with Gasteiger partial charge in [-0.15, -0.1) is 0 Å². The van der Waals surface area contributed by atoms with Crippen LogP contribution in [0.5, 0.6) is 0 Å². The first-order valence-corrected chi connectivity index (χ1v) is 8.66. The van der Waals surface area contributed by atoms with Crippen molar-refractivity contribution in [3.8, 4) is 0 Å². The van der Waals surface area contributed by atoms with E-state index in [1.165, 1.54) is 16.7 Å². The highest BCUT2D eigenvalue weighted by atomic mass is 19.4. The second-order valence-electron chi connectivity index (χ2n) is 6.91. The van der Waals surface area contributed by atoms with Crippen LogP contribution < -0.4 is 10.6 Å². The number of benzene rings is 1. The topological polar surface area (TPSA) is 67.4 Å². The molecule has 0 spiro atoms. The summed E-state index contributed by atoms with van der Waals surface area (Å²) in [6.07, 6.45) is -5.56. The van der Waals surface area contributed by atoms with Crippen LogP contribution in [0.1, 0.15) is 6.42 Å². The van der Waals surface area contributed by atoms with E-state index in [2.05, 4.69) is 4.98 Å². The van der Waals surface area contributed by atoms with Crippen molar-refractivity contribution < 1.29 is 26.7 Å². The monoisotopic (exact) mass is 405 g/mol. The van der Waals surface area contributed by atoms with Crippen molar-refractivity contribution in [2.75, 3.05) is 31.6 Å². The van der Waals surface area contributed by atoms with Gasteiger partial charge in [-0.3, -0.25) is 4.79 Å². The van der Waals surface area contributed by atoms with Gasteiger partial charge in [-0.2, -0.15) is 13.2 Å². The molecule has 2 N–H and O–H groups in total. The molecule has 0 unspecified atom stereocenters. The molecule has 0 bridgehead atoms. The van der Waals surface area contributed by atoms with E-state index in [4.69, 9.17) is 5.73 Å². The number of aromatic nitrogens is 2. The standard InChI is InChI=1S/C17H20F5N5O/c1-25(9-17(20,21)22)15(28)8-27-14-6-10(18)2-3-13(14)24-16(27)26-5-4-11(19)12(23)7-26/h2-3,6,11-12H,4-5,7-9,23H2,1H3/t11-,12+/m0/s1. The van der Waals surface area contributed by atoms with E-state index < -0.39 is 43.2 Å². The molecule has 1 aliphatic heterocycles. The third kappa shape index (κ3) is 4.34. The molecule has 154 valence electrons. The first-order chi connectivity index (χ1) is 13.0. The average Bonchev–Trinajstić information content (AvgIpc) is 2.93. The summed E-state index contributed by atoms with van der Waals surface area (Å²) >= 11 is 0. The van der Waals surface area contributed by atoms with Gasteiger partial charge >= 0.3 is 6.18 Å². The molecule has 0 saturated carbocycles. The summed E-state index contributed by atoms with van der Waals surface area (Å²) in [6, 6.07) is 3.00. The van der Waals surface area contributed by atoms with Gasteiger partial charge in [-0.05, 0) is 24.6 Å². The lowest BCUT2D eigenvalue weighted by Gasteiger charge is -2.34. The Labute approximate surface area is 157 Å². The molecule has 2 atom stereocenters. The fraction of sp³-hybridized carbons (Fsp3) is 0.529. The number of amides is 1. The van der Waals surface area contributed by atoms with E-state index in [1.54, 1.807) is 4.90 Å². The fourth-order valence-corrected chi connectivity index (χ4v) is 3.23. The number of alkyl halides is 4. The lowest BCUT2D eigenvalue weighted by Crippen LogP contribution is -2.50. The van der Waals surface area contributed by atoms with Gasteiger partial charge in [0.05, 0.1) is 17.1 Å². The Bertz CT molecular complexity index is 867. The van der Waals surface area contributed by atoms with Crippen LogP contribution in [0.3, 0.4) is 0 Å². The Kier molecular flexibility index (Phi) is 5.46. The molecule has 0 radical (unpaired) electrons. The number of fused-ring (bicyclic) bond motifs is 1. The zero-order valence-corrected chi connectivity index (χ0v) is 15.1. The minimum absolute atomic E-state index is 0.125. The van der Waals surface area contributed by atoms with E-state index in [0.29, 0.717) is 10.4 Å². The van der Waals surface area contributed by atoms with Gasteiger partial charge in [0.1, 0.15) is 25.1 Å². The largest absolute Gasteiger partial charge is 0.406 e. The number of carbonyl (C=O) groups excluding carboxylic acids is 1. The lowest BCUT2D eigenvalue weighted by molar-refractivity contribution is -0.158. The molecule has 6 nitrogen and oxygen atoms in total. The number of hydrogen-bond donors (Lipinski definition) is 1. The molecular formula is C17H20F5N5O. The summed E-state index contributed by atoms with van der Waals surface area (Å²) in [6.45, 7) is -1.47. The zero-order chi connectivity index (χ0) is 20.6. The first-order valence-electron chi connectivity index (χ1n) is 8.66. The maximum atomic E-state index is 13.7. The summed E-state index contributed by atoms with van der Waals surface area (Å²) in [4.78, 5) is 18.9. The zero-order valence-electron chi connectivity index (χ0n) is 15.1. The Morgan fingerprint density at radius 1 is 1.39 bits per heavy atom. The van der Waals surface area contributed by atoms with Gasteiger partial charge in [0, 0.05) is 20.1 Å². The molecule has 11 heteroatoms. The Hall–Kier alpha value is -2.43. The van der Waals surface area contributed by atoms with Crippen molar-refractivity contribution in [3.05, 3.63) is 24.0 Å². The third-order valence-electron chi connectivity index (χ3n) is 4.68. The number of halogens is 5. The number of rotatable bonds is 4. The Morgan fingerprint density at radius 3 is 2.75 bits per heavy atom. The maximum Gasteiger partial charge on any atom is 0.406 e. The van der Waals surface area contributed by atoms with Crippen molar-refractivity contribution in [2.24, 2.45) is 5.73 Å². The highest BCUT2D eigenvalue weighted by Crippen LogP contribution is 2.27. The molecule has 28 heavy (non-hydrogen) atoms. The number of hydrogen-bond acceptors (Lipinski definition) is 4. The summed E-state index contributed by atoms with van der Waals surface area (Å²) in [7, 11) is 1.04. The van der Waals surface area contributed by atoms with Gasteiger partial charge in [0.15, 0.2) is 0 Å². The fourth-order valence-electron chi connectivity index (χ4n) is 3.23. The summed E-state index contributed by atoms with van der Waals surface area (Å²) in [5.41, 5.74) is 6.42. The molecule has 1 aromatic carbocycles. The molecule has 0 aliphatic carbocycles. The highest BCUT2D eigenvalue weighted by molar-refractivity contribution is 5.83. The first kappa shape index (κ1) is 20.3. The lowest BCUT2D eigenvalue weighted by atomic mass is 10.1.